The summed E-state index contributed by atoms with van der Waals surface area (Å²) in [5, 5.41) is 33.7. The Morgan fingerprint density at radius 3 is 0.830 bits per heavy atom. The second-order valence-electron chi connectivity index (χ2n) is 44.1. The van der Waals surface area contributed by atoms with Crippen LogP contribution in [0.2, 0.25) is 0 Å². The van der Waals surface area contributed by atoms with Gasteiger partial charge in [-0.25, -0.2) is 28.8 Å². The average Bonchev–Trinajstić information content (AvgIpc) is 0.749. The SMILES string of the molecule is CC(C)(C)OC(=O)N1CCC(C(=O)CCCc2ccc3ccc4cccc5ccc2c3c45)CCN(C(=O)OC(C)(C)C)CCN(C(=O)OC(C)(C)C)CC1.CC(C)(C)OC(=O)N1CCNCCN(C(=O)OC(C)(C)C)CCN(C(=O)OC(C)(C)C)CC1.O=C(CCCc1ccc2ccc3cccc4ccc1c2c34)C1CCCCCNCCNCC1.O=CCCCc1ccc2ccc3cccc4ccc1c2c34. The smallest absolute Gasteiger partial charge is 0.410 e. The standard InChI is InChI=1S/C44H59N3O7.C30H36N2O.C23H44N4O6.C20H16O/c1-42(2,3)52-39(49)45-24-22-31(23-25-46(40(50)53-43(4,5)6)27-29-47(28-26-45)41(51)54-44(7,8)9)36(48)15-11-12-30-16-17-34-19-18-32-13-10-14-33-20-21-35(30)38(34)37(32)33;33-28(23-6-2-1-3-18-31-20-21-32-19-17-23)10-5-7-22-11-12-26-14-13-24-8-4-9-25-15-16-27(22)30(26)29(24)25;1-21(2,3)31-18(28)25-12-10-24-11-13-26(19(29)32-22(4,5)6)15-17-27(16-14-25)20(30)33-23(7,8)9;21-13-2-1-4-14-7-8-17-10-9-15-5-3-6-16-11-12-18(14)20(17)19(15)16/h10,13-14,16-21,31H,11-12,15,22-29H2,1-9H3;4,8-9,11-16,23,31-32H,1-3,5-7,10,17-21H2;24H,10-17H2,1-9H3;3,5-13H,1-2,4H2. The minimum absolute atomic E-state index is 0.105. The van der Waals surface area contributed by atoms with Gasteiger partial charge in [0, 0.05) is 136 Å². The first kappa shape index (κ1) is 108. The van der Waals surface area contributed by atoms with Crippen molar-refractivity contribution in [3.63, 3.8) is 0 Å². The third-order valence-corrected chi connectivity index (χ3v) is 25.9. The van der Waals surface area contributed by atoms with Crippen LogP contribution >= 0.6 is 0 Å². The van der Waals surface area contributed by atoms with E-state index in [4.69, 9.17) is 28.4 Å². The predicted octanol–water partition coefficient (Wildman–Crippen LogP) is 24.2. The number of ketones is 2. The van der Waals surface area contributed by atoms with Crippen LogP contribution in [0.25, 0.3) is 97.0 Å². The van der Waals surface area contributed by atoms with E-state index in [0.717, 1.165) is 77.4 Å². The van der Waals surface area contributed by atoms with Crippen molar-refractivity contribution in [2.75, 3.05) is 118 Å². The van der Waals surface area contributed by atoms with Crippen LogP contribution in [0.5, 0.6) is 0 Å². The molecule has 0 radical (unpaired) electrons. The van der Waals surface area contributed by atoms with Gasteiger partial charge in [0.25, 0.3) is 0 Å². The number of Topliss-reactive ketones (excluding diaryl/α,β-unsaturated/α-hetero) is 2. The fourth-order valence-corrected chi connectivity index (χ4v) is 19.1. The molecule has 3 N–H and O–H groups in total. The zero-order valence-corrected chi connectivity index (χ0v) is 87.2. The van der Waals surface area contributed by atoms with Crippen LogP contribution in [0.1, 0.15) is 225 Å². The topological polar surface area (TPSA) is 265 Å². The highest BCUT2D eigenvalue weighted by Gasteiger charge is 2.35. The lowest BCUT2D eigenvalue weighted by Crippen LogP contribution is -2.50. The highest BCUT2D eigenvalue weighted by atomic mass is 16.6. The summed E-state index contributed by atoms with van der Waals surface area (Å²) in [5.41, 5.74) is -0.137. The number of unbranched alkanes of at least 4 members (excludes halogenated alkanes) is 1. The van der Waals surface area contributed by atoms with Gasteiger partial charge in [0.15, 0.2) is 0 Å². The van der Waals surface area contributed by atoms with Crippen molar-refractivity contribution < 1.29 is 71.6 Å². The van der Waals surface area contributed by atoms with Gasteiger partial charge in [0.1, 0.15) is 51.5 Å². The number of benzene rings is 12. The summed E-state index contributed by atoms with van der Waals surface area (Å²) in [6.07, 6.45) is 11.5. The van der Waals surface area contributed by atoms with Gasteiger partial charge in [-0.15, -0.1) is 0 Å². The summed E-state index contributed by atoms with van der Waals surface area (Å²) in [5.74, 6) is 0.409. The van der Waals surface area contributed by atoms with Crippen molar-refractivity contribution >= 4 is 151 Å². The molecule has 1 atom stereocenters. The van der Waals surface area contributed by atoms with E-state index in [1.54, 1.807) is 61.1 Å². The lowest BCUT2D eigenvalue weighted by atomic mass is 9.88. The second kappa shape index (κ2) is 48.8. The molecular formula is C117H155N9O15. The van der Waals surface area contributed by atoms with Crippen LogP contribution in [0, 0.1) is 11.8 Å². The predicted molar refractivity (Wildman–Crippen MR) is 570 cm³/mol. The van der Waals surface area contributed by atoms with Gasteiger partial charge < -0.3 is 78.6 Å². The summed E-state index contributed by atoms with van der Waals surface area (Å²) >= 11 is 0. The Labute approximate surface area is 834 Å². The van der Waals surface area contributed by atoms with E-state index < -0.39 is 76.1 Å². The van der Waals surface area contributed by atoms with Gasteiger partial charge in [0.05, 0.1) is 0 Å². The van der Waals surface area contributed by atoms with Crippen LogP contribution in [0.4, 0.5) is 28.8 Å². The number of amides is 6. The number of carbonyl (C=O) groups excluding carboxylic acids is 9. The maximum Gasteiger partial charge on any atom is 0.410 e. The zero-order valence-electron chi connectivity index (χ0n) is 87.2. The van der Waals surface area contributed by atoms with Gasteiger partial charge in [-0.3, -0.25) is 9.59 Å². The van der Waals surface area contributed by atoms with Crippen molar-refractivity contribution in [3.05, 3.63) is 180 Å². The fourth-order valence-electron chi connectivity index (χ4n) is 19.1. The van der Waals surface area contributed by atoms with Gasteiger partial charge in [-0.2, -0.15) is 0 Å². The fraction of sp³-hybridized carbons (Fsp3) is 0.513. The minimum Gasteiger partial charge on any atom is -0.444 e. The number of nitrogens with zero attached hydrogens (tertiary/aromatic N) is 6. The monoisotopic (exact) mass is 1930 g/mol. The maximum atomic E-state index is 14.1. The number of nitrogens with one attached hydrogen (secondary N) is 3. The van der Waals surface area contributed by atoms with Gasteiger partial charge in [-0.05, 0) is 322 Å². The molecule has 758 valence electrons. The molecule has 3 aliphatic heterocycles. The highest BCUT2D eigenvalue weighted by molar-refractivity contribution is 6.26. The second-order valence-corrected chi connectivity index (χ2v) is 44.1. The molecular weight excluding hydrogens is 1770 g/mol. The molecule has 3 fully saturated rings. The van der Waals surface area contributed by atoms with Crippen LogP contribution < -0.4 is 16.0 Å². The third kappa shape index (κ3) is 31.6. The van der Waals surface area contributed by atoms with Crippen LogP contribution in [0.3, 0.4) is 0 Å². The van der Waals surface area contributed by atoms with Gasteiger partial charge in [-0.1, -0.05) is 177 Å². The molecule has 3 aliphatic rings. The molecule has 1 unspecified atom stereocenters. The normalized spacial score (nSPS) is 16.4. The van der Waals surface area contributed by atoms with E-state index in [0.29, 0.717) is 70.5 Å². The molecule has 0 aliphatic carbocycles. The minimum atomic E-state index is -0.732. The summed E-state index contributed by atoms with van der Waals surface area (Å²) in [7, 11) is 0. The van der Waals surface area contributed by atoms with Crippen molar-refractivity contribution in [2.24, 2.45) is 11.8 Å². The summed E-state index contributed by atoms with van der Waals surface area (Å²) in [6.45, 7) is 40.7. The van der Waals surface area contributed by atoms with Crippen LogP contribution in [-0.2, 0) is 62.1 Å². The molecule has 24 heteroatoms. The number of hydrogen-bond donors (Lipinski definition) is 3. The molecule has 0 aromatic heterocycles. The average molecular weight is 1930 g/mol. The number of carbonyl (C=O) groups is 9. The molecule has 0 spiro atoms. The number of aldehydes is 1. The lowest BCUT2D eigenvalue weighted by Gasteiger charge is -2.34. The van der Waals surface area contributed by atoms with E-state index in [1.807, 2.05) is 83.1 Å². The number of aryl methyl sites for hydroxylation is 3. The maximum absolute atomic E-state index is 14.1. The molecule has 0 bridgehead atoms. The quantitative estimate of drug-likeness (QED) is 0.0395. The van der Waals surface area contributed by atoms with Crippen LogP contribution in [-0.4, -0.2) is 235 Å². The van der Waals surface area contributed by atoms with Crippen molar-refractivity contribution in [1.82, 2.24) is 45.3 Å². The molecule has 141 heavy (non-hydrogen) atoms. The molecule has 3 heterocycles. The Bertz CT molecular complexity index is 6060. The van der Waals surface area contributed by atoms with Crippen LogP contribution in [0.15, 0.2) is 164 Å². The van der Waals surface area contributed by atoms with Gasteiger partial charge in [0.2, 0.25) is 0 Å². The third-order valence-electron chi connectivity index (χ3n) is 25.9. The number of ether oxygens (including phenoxy) is 6. The van der Waals surface area contributed by atoms with Crippen molar-refractivity contribution in [3.8, 4) is 0 Å². The summed E-state index contributed by atoms with van der Waals surface area (Å²) < 4.78 is 33.8. The molecule has 3 saturated heterocycles. The zero-order chi connectivity index (χ0) is 102. The Hall–Kier alpha value is -11.7. The lowest BCUT2D eigenvalue weighted by molar-refractivity contribution is -0.124. The molecule has 12 aromatic carbocycles. The number of hydrogen-bond acceptors (Lipinski definition) is 18. The van der Waals surface area contributed by atoms with E-state index in [9.17, 15) is 43.2 Å². The Morgan fingerprint density at radius 2 is 0.525 bits per heavy atom. The van der Waals surface area contributed by atoms with Crippen molar-refractivity contribution in [2.45, 2.75) is 261 Å². The Kier molecular flexibility index (Phi) is 37.4. The molecule has 15 rings (SSSR count). The number of rotatable bonds is 14. The first-order valence-electron chi connectivity index (χ1n) is 51.4. The first-order valence-corrected chi connectivity index (χ1v) is 51.4. The molecule has 12 aromatic rings. The molecule has 6 amide bonds. The van der Waals surface area contributed by atoms with E-state index in [1.165, 1.54) is 143 Å². The summed E-state index contributed by atoms with van der Waals surface area (Å²) in [6, 6.07) is 59.4. The largest absolute Gasteiger partial charge is 0.444 e. The van der Waals surface area contributed by atoms with Crippen molar-refractivity contribution in [1.29, 1.82) is 0 Å². The molecule has 24 nitrogen and oxygen atoms in total. The summed E-state index contributed by atoms with van der Waals surface area (Å²) in [4.78, 5) is 126. The van der Waals surface area contributed by atoms with E-state index in [2.05, 4.69) is 180 Å². The Morgan fingerprint density at radius 1 is 0.270 bits per heavy atom. The Balaban J connectivity index is 0.000000177. The van der Waals surface area contributed by atoms with Gasteiger partial charge >= 0.3 is 36.6 Å². The molecule has 0 saturated carbocycles. The van der Waals surface area contributed by atoms with E-state index in [-0.39, 0.29) is 77.1 Å². The first-order chi connectivity index (χ1) is 66.9. The highest BCUT2D eigenvalue weighted by Crippen LogP contribution is 2.41. The van der Waals surface area contributed by atoms with E-state index >= 15 is 0 Å².